The molecule has 0 heterocycles. The minimum absolute atomic E-state index is 0.0561. The molecule has 0 aliphatic heterocycles. The fraction of sp³-hybridized carbons (Fsp3) is 0.929. The number of aliphatic hydroxyl groups excluding tert-OH is 1. The maximum atomic E-state index is 11.2. The standard InChI is InChI=1S/C11H23NO4.C3H8/c1-10(2,3)16-9(14)12-6-7-15-11(4,5)8-13;1-3-2/h13H,6-8H2,1-5H3,(H,12,14);3H2,1-2H3. The fourth-order valence-electron chi connectivity index (χ4n) is 0.840. The summed E-state index contributed by atoms with van der Waals surface area (Å²) in [5.74, 6) is 0. The van der Waals surface area contributed by atoms with Gasteiger partial charge in [-0.25, -0.2) is 4.79 Å². The number of nitrogens with one attached hydrogen (secondary N) is 1. The van der Waals surface area contributed by atoms with Gasteiger partial charge < -0.3 is 19.9 Å². The van der Waals surface area contributed by atoms with Crippen LogP contribution < -0.4 is 5.32 Å². The lowest BCUT2D eigenvalue weighted by atomic mass is 10.1. The Labute approximate surface area is 117 Å². The summed E-state index contributed by atoms with van der Waals surface area (Å²) in [6.45, 7) is 13.9. The van der Waals surface area contributed by atoms with Crippen LogP contribution in [0.15, 0.2) is 0 Å². The first-order chi connectivity index (χ1) is 8.58. The van der Waals surface area contributed by atoms with Crippen LogP contribution in [0.5, 0.6) is 0 Å². The SMILES string of the molecule is CC(C)(C)OC(=O)NCCOC(C)(C)CO.CCC. The van der Waals surface area contributed by atoms with Crippen LogP contribution in [0.4, 0.5) is 4.79 Å². The molecule has 0 radical (unpaired) electrons. The van der Waals surface area contributed by atoms with E-state index < -0.39 is 17.3 Å². The summed E-state index contributed by atoms with van der Waals surface area (Å²) in [6, 6.07) is 0. The summed E-state index contributed by atoms with van der Waals surface area (Å²) in [7, 11) is 0. The first-order valence-electron chi connectivity index (χ1n) is 6.79. The molecule has 0 bridgehead atoms. The van der Waals surface area contributed by atoms with E-state index in [1.165, 1.54) is 6.42 Å². The molecule has 1 amide bonds. The Balaban J connectivity index is 0. The Morgan fingerprint density at radius 1 is 1.16 bits per heavy atom. The van der Waals surface area contributed by atoms with Gasteiger partial charge in [-0.1, -0.05) is 20.3 Å². The normalized spacial score (nSPS) is 11.4. The van der Waals surface area contributed by atoms with Crippen molar-refractivity contribution in [2.45, 2.75) is 66.1 Å². The van der Waals surface area contributed by atoms with E-state index in [2.05, 4.69) is 19.2 Å². The first kappa shape index (κ1) is 20.5. The third kappa shape index (κ3) is 17.2. The molecule has 0 saturated carbocycles. The smallest absolute Gasteiger partial charge is 0.407 e. The second-order valence-electron chi connectivity index (χ2n) is 5.90. The van der Waals surface area contributed by atoms with Crippen LogP contribution in [0, 0.1) is 0 Å². The third-order valence-corrected chi connectivity index (χ3v) is 1.64. The minimum atomic E-state index is -0.574. The molecule has 0 spiro atoms. The maximum Gasteiger partial charge on any atom is 0.407 e. The second kappa shape index (κ2) is 10.0. The number of amides is 1. The average Bonchev–Trinajstić information content (AvgIpc) is 2.23. The maximum absolute atomic E-state index is 11.2. The molecule has 0 aromatic carbocycles. The zero-order valence-corrected chi connectivity index (χ0v) is 13.5. The zero-order chi connectivity index (χ0) is 15.5. The van der Waals surface area contributed by atoms with Gasteiger partial charge in [-0.15, -0.1) is 0 Å². The van der Waals surface area contributed by atoms with E-state index in [1.807, 2.05) is 0 Å². The van der Waals surface area contributed by atoms with Crippen molar-refractivity contribution in [1.29, 1.82) is 0 Å². The monoisotopic (exact) mass is 277 g/mol. The van der Waals surface area contributed by atoms with Crippen molar-refractivity contribution in [2.24, 2.45) is 0 Å². The van der Waals surface area contributed by atoms with E-state index in [9.17, 15) is 4.79 Å². The van der Waals surface area contributed by atoms with E-state index in [0.29, 0.717) is 13.2 Å². The predicted octanol–water partition coefficient (Wildman–Crippen LogP) is 2.71. The van der Waals surface area contributed by atoms with Crippen LogP contribution in [0.1, 0.15) is 54.9 Å². The quantitative estimate of drug-likeness (QED) is 0.758. The van der Waals surface area contributed by atoms with Gasteiger partial charge in [0.25, 0.3) is 0 Å². The summed E-state index contributed by atoms with van der Waals surface area (Å²) in [6.07, 6.45) is 0.790. The number of carbonyl (C=O) groups is 1. The van der Waals surface area contributed by atoms with Gasteiger partial charge >= 0.3 is 6.09 Å². The molecule has 5 nitrogen and oxygen atoms in total. The summed E-state index contributed by atoms with van der Waals surface area (Å²) in [5, 5.41) is 11.5. The van der Waals surface area contributed by atoms with E-state index in [4.69, 9.17) is 14.6 Å². The minimum Gasteiger partial charge on any atom is -0.444 e. The van der Waals surface area contributed by atoms with Crippen molar-refractivity contribution in [3.63, 3.8) is 0 Å². The molecule has 0 rings (SSSR count). The number of aliphatic hydroxyl groups is 1. The van der Waals surface area contributed by atoms with Gasteiger partial charge in [-0.2, -0.15) is 0 Å². The van der Waals surface area contributed by atoms with Crippen molar-refractivity contribution in [3.8, 4) is 0 Å². The molecular formula is C14H31NO4. The average molecular weight is 277 g/mol. The van der Waals surface area contributed by atoms with Gasteiger partial charge in [0.15, 0.2) is 0 Å². The molecule has 0 aromatic heterocycles. The summed E-state index contributed by atoms with van der Waals surface area (Å²) >= 11 is 0. The molecule has 0 fully saturated rings. The van der Waals surface area contributed by atoms with Crippen LogP contribution in [-0.2, 0) is 9.47 Å². The van der Waals surface area contributed by atoms with Crippen molar-refractivity contribution >= 4 is 6.09 Å². The number of alkyl carbamates (subject to hydrolysis) is 1. The Bertz CT molecular complexity index is 234. The third-order valence-electron chi connectivity index (χ3n) is 1.64. The molecule has 0 atom stereocenters. The lowest BCUT2D eigenvalue weighted by molar-refractivity contribution is -0.0521. The van der Waals surface area contributed by atoms with Gasteiger partial charge in [0.05, 0.1) is 18.8 Å². The molecule has 19 heavy (non-hydrogen) atoms. The number of ether oxygens (including phenoxy) is 2. The van der Waals surface area contributed by atoms with Crippen LogP contribution in [0.2, 0.25) is 0 Å². The second-order valence-corrected chi connectivity index (χ2v) is 5.90. The van der Waals surface area contributed by atoms with Gasteiger partial charge in [-0.05, 0) is 34.6 Å². The topological polar surface area (TPSA) is 67.8 Å². The Kier molecular flexibility index (Phi) is 10.8. The molecule has 5 heteroatoms. The predicted molar refractivity (Wildman–Crippen MR) is 77.3 cm³/mol. The number of hydrogen-bond donors (Lipinski definition) is 2. The van der Waals surface area contributed by atoms with Crippen LogP contribution in [0.25, 0.3) is 0 Å². The van der Waals surface area contributed by atoms with Crippen LogP contribution in [0.3, 0.4) is 0 Å². The summed E-state index contributed by atoms with van der Waals surface area (Å²) < 4.78 is 10.4. The van der Waals surface area contributed by atoms with Gasteiger partial charge in [-0.3, -0.25) is 0 Å². The van der Waals surface area contributed by atoms with E-state index >= 15 is 0 Å². The highest BCUT2D eigenvalue weighted by atomic mass is 16.6. The first-order valence-corrected chi connectivity index (χ1v) is 6.79. The summed E-state index contributed by atoms with van der Waals surface area (Å²) in [4.78, 5) is 11.2. The van der Waals surface area contributed by atoms with Crippen molar-refractivity contribution in [3.05, 3.63) is 0 Å². The van der Waals surface area contributed by atoms with Crippen LogP contribution >= 0.6 is 0 Å². The number of carbonyl (C=O) groups excluding carboxylic acids is 1. The molecule has 0 aliphatic rings. The van der Waals surface area contributed by atoms with Crippen molar-refractivity contribution < 1.29 is 19.4 Å². The summed E-state index contributed by atoms with van der Waals surface area (Å²) in [5.41, 5.74) is -1.06. The molecule has 2 N–H and O–H groups in total. The highest BCUT2D eigenvalue weighted by Crippen LogP contribution is 2.07. The highest BCUT2D eigenvalue weighted by molar-refractivity contribution is 5.67. The molecule has 0 aromatic rings. The van der Waals surface area contributed by atoms with Gasteiger partial charge in [0.1, 0.15) is 5.60 Å². The van der Waals surface area contributed by atoms with Crippen LogP contribution in [-0.4, -0.2) is 42.2 Å². The Morgan fingerprint density at radius 3 is 2.00 bits per heavy atom. The Hall–Kier alpha value is -0.810. The Morgan fingerprint density at radius 2 is 1.63 bits per heavy atom. The molecule has 0 aliphatic carbocycles. The molecule has 0 unspecified atom stereocenters. The zero-order valence-electron chi connectivity index (χ0n) is 13.5. The molecule has 116 valence electrons. The lowest BCUT2D eigenvalue weighted by Crippen LogP contribution is -2.37. The molecular weight excluding hydrogens is 246 g/mol. The van der Waals surface area contributed by atoms with E-state index in [1.54, 1.807) is 34.6 Å². The number of hydrogen-bond acceptors (Lipinski definition) is 4. The van der Waals surface area contributed by atoms with Gasteiger partial charge in [0.2, 0.25) is 0 Å². The van der Waals surface area contributed by atoms with E-state index in [-0.39, 0.29) is 6.61 Å². The fourth-order valence-corrected chi connectivity index (χ4v) is 0.840. The van der Waals surface area contributed by atoms with Crippen molar-refractivity contribution in [2.75, 3.05) is 19.8 Å². The van der Waals surface area contributed by atoms with Crippen molar-refractivity contribution in [1.82, 2.24) is 5.32 Å². The highest BCUT2D eigenvalue weighted by Gasteiger charge is 2.18. The number of rotatable bonds is 5. The largest absolute Gasteiger partial charge is 0.444 e. The lowest BCUT2D eigenvalue weighted by Gasteiger charge is -2.23. The van der Waals surface area contributed by atoms with E-state index in [0.717, 1.165) is 0 Å². The van der Waals surface area contributed by atoms with Gasteiger partial charge in [0, 0.05) is 6.54 Å². The molecule has 0 saturated heterocycles.